The lowest BCUT2D eigenvalue weighted by Gasteiger charge is -2.46. The molecule has 36 heavy (non-hydrogen) atoms. The fourth-order valence-electron chi connectivity index (χ4n) is 6.86. The Hall–Kier alpha value is -2.45. The number of amides is 3. The maximum Gasteiger partial charge on any atom is 0.255 e. The van der Waals surface area contributed by atoms with Crippen LogP contribution in [-0.2, 0) is 15.1 Å². The smallest absolute Gasteiger partial charge is 0.255 e. The number of benzene rings is 1. The van der Waals surface area contributed by atoms with E-state index in [-0.39, 0.29) is 30.2 Å². The molecule has 1 unspecified atom stereocenters. The summed E-state index contributed by atoms with van der Waals surface area (Å²) >= 11 is 0. The lowest BCUT2D eigenvalue weighted by atomic mass is 9.85. The number of imide groups is 1. The Bertz CT molecular complexity index is 1060. The summed E-state index contributed by atoms with van der Waals surface area (Å²) in [4.78, 5) is 42.0. The zero-order valence-electron chi connectivity index (χ0n) is 21.4. The van der Waals surface area contributed by atoms with Crippen molar-refractivity contribution in [3.8, 4) is 5.75 Å². The van der Waals surface area contributed by atoms with Crippen molar-refractivity contribution in [2.45, 2.75) is 95.0 Å². The first-order valence-corrected chi connectivity index (χ1v) is 13.8. The monoisotopic (exact) mass is 494 g/mol. The van der Waals surface area contributed by atoms with E-state index in [0.717, 1.165) is 56.0 Å². The predicted molar refractivity (Wildman–Crippen MR) is 135 cm³/mol. The van der Waals surface area contributed by atoms with Gasteiger partial charge < -0.3 is 15.0 Å². The number of carbonyl (C=O) groups is 3. The van der Waals surface area contributed by atoms with E-state index in [9.17, 15) is 14.4 Å². The molecule has 1 aromatic carbocycles. The largest absolute Gasteiger partial charge is 0.490 e. The highest BCUT2D eigenvalue weighted by Crippen LogP contribution is 2.58. The van der Waals surface area contributed by atoms with E-state index in [0.29, 0.717) is 24.1 Å². The maximum atomic E-state index is 13.3. The molecule has 1 spiro atoms. The standard InChI is InChI=1S/C28H38N4O4/c1-17(2)31(16-18-7-11-29-12-8-18)19-13-21(14-19)36-20-3-4-22-23(15-20)28(9-10-28)32(27(22)35)24-5-6-25(33)30-26(24)34/h3-4,15,17-19,21,24,29H,5-14,16H2,1-2H3,(H,30,33,34)/t19-,21-,24?. The van der Waals surface area contributed by atoms with Gasteiger partial charge in [0, 0.05) is 43.5 Å². The molecule has 2 saturated heterocycles. The maximum absolute atomic E-state index is 13.3. The Morgan fingerprint density at radius 3 is 2.53 bits per heavy atom. The molecule has 8 heteroatoms. The van der Waals surface area contributed by atoms with Crippen molar-refractivity contribution in [1.29, 1.82) is 0 Å². The Kier molecular flexibility index (Phi) is 6.07. The van der Waals surface area contributed by atoms with Crippen LogP contribution in [-0.4, -0.2) is 71.4 Å². The van der Waals surface area contributed by atoms with Gasteiger partial charge in [0.25, 0.3) is 5.91 Å². The Morgan fingerprint density at radius 1 is 1.11 bits per heavy atom. The quantitative estimate of drug-likeness (QED) is 0.567. The third-order valence-electron chi connectivity index (χ3n) is 9.08. The topological polar surface area (TPSA) is 91.0 Å². The van der Waals surface area contributed by atoms with Crippen molar-refractivity contribution in [3.63, 3.8) is 0 Å². The zero-order chi connectivity index (χ0) is 25.0. The van der Waals surface area contributed by atoms with E-state index < -0.39 is 11.6 Å². The minimum atomic E-state index is -0.580. The van der Waals surface area contributed by atoms with Crippen LogP contribution in [0, 0.1) is 5.92 Å². The van der Waals surface area contributed by atoms with Crippen molar-refractivity contribution < 1.29 is 19.1 Å². The lowest BCUT2D eigenvalue weighted by molar-refractivity contribution is -0.137. The average Bonchev–Trinajstić information content (AvgIpc) is 3.59. The van der Waals surface area contributed by atoms with Gasteiger partial charge in [-0.1, -0.05) is 0 Å². The summed E-state index contributed by atoms with van der Waals surface area (Å²) in [6.45, 7) is 8.05. The summed E-state index contributed by atoms with van der Waals surface area (Å²) in [7, 11) is 0. The van der Waals surface area contributed by atoms with Crippen LogP contribution in [0.1, 0.15) is 81.1 Å². The number of ether oxygens (including phenoxy) is 1. The van der Waals surface area contributed by atoms with E-state index in [1.807, 2.05) is 18.2 Å². The fraction of sp³-hybridized carbons (Fsp3) is 0.679. The van der Waals surface area contributed by atoms with Crippen molar-refractivity contribution >= 4 is 17.7 Å². The van der Waals surface area contributed by atoms with Crippen LogP contribution in [0.5, 0.6) is 5.75 Å². The number of nitrogens with one attached hydrogen (secondary N) is 2. The molecule has 0 aromatic heterocycles. The second-order valence-corrected chi connectivity index (χ2v) is 11.7. The van der Waals surface area contributed by atoms with Gasteiger partial charge in [0.2, 0.25) is 11.8 Å². The number of fused-ring (bicyclic) bond motifs is 2. The molecule has 2 saturated carbocycles. The normalized spacial score (nSPS) is 29.5. The summed E-state index contributed by atoms with van der Waals surface area (Å²) in [5.41, 5.74) is 1.24. The molecule has 0 bridgehead atoms. The van der Waals surface area contributed by atoms with Crippen LogP contribution in [0.25, 0.3) is 0 Å². The van der Waals surface area contributed by atoms with Gasteiger partial charge in [-0.15, -0.1) is 0 Å². The van der Waals surface area contributed by atoms with E-state index in [2.05, 4.69) is 29.4 Å². The van der Waals surface area contributed by atoms with Crippen molar-refractivity contribution in [2.75, 3.05) is 19.6 Å². The SMILES string of the molecule is CC(C)N(CC1CCNCC1)[C@H]1C[C@H](Oc2ccc3c(c2)C2(CC2)N(C2CCC(=O)NC2=O)C3=O)C1. The number of nitrogens with zero attached hydrogens (tertiary/aromatic N) is 2. The molecule has 8 nitrogen and oxygen atoms in total. The van der Waals surface area contributed by atoms with E-state index in [1.54, 1.807) is 4.90 Å². The van der Waals surface area contributed by atoms with Gasteiger partial charge in [0.15, 0.2) is 0 Å². The zero-order valence-corrected chi connectivity index (χ0v) is 21.4. The third-order valence-corrected chi connectivity index (χ3v) is 9.08. The Morgan fingerprint density at radius 2 is 1.86 bits per heavy atom. The van der Waals surface area contributed by atoms with Crippen molar-refractivity contribution in [2.24, 2.45) is 5.92 Å². The number of hydrogen-bond acceptors (Lipinski definition) is 6. The Labute approximate surface area is 213 Å². The molecule has 1 aromatic rings. The first-order valence-electron chi connectivity index (χ1n) is 13.8. The molecular formula is C28H38N4O4. The predicted octanol–water partition coefficient (Wildman–Crippen LogP) is 2.56. The molecule has 0 radical (unpaired) electrons. The van der Waals surface area contributed by atoms with Crippen molar-refractivity contribution in [3.05, 3.63) is 29.3 Å². The number of rotatable bonds is 7. The van der Waals surface area contributed by atoms with Gasteiger partial charge in [0.05, 0.1) is 5.54 Å². The molecule has 1 atom stereocenters. The summed E-state index contributed by atoms with van der Waals surface area (Å²) in [6, 6.07) is 6.33. The molecule has 6 rings (SSSR count). The van der Waals surface area contributed by atoms with Crippen molar-refractivity contribution in [1.82, 2.24) is 20.4 Å². The number of carbonyl (C=O) groups excluding carboxylic acids is 3. The second-order valence-electron chi connectivity index (χ2n) is 11.7. The molecular weight excluding hydrogens is 456 g/mol. The first kappa shape index (κ1) is 23.9. The minimum absolute atomic E-state index is 0.0993. The lowest BCUT2D eigenvalue weighted by Crippen LogP contribution is -2.55. The fourth-order valence-corrected chi connectivity index (χ4v) is 6.86. The van der Waals surface area contributed by atoms with Crippen LogP contribution in [0.4, 0.5) is 0 Å². The highest BCUT2D eigenvalue weighted by atomic mass is 16.5. The van der Waals surface area contributed by atoms with Gasteiger partial charge in [-0.2, -0.15) is 0 Å². The van der Waals surface area contributed by atoms with Crippen LogP contribution in [0.15, 0.2) is 18.2 Å². The molecule has 3 aliphatic heterocycles. The van der Waals surface area contributed by atoms with Crippen LogP contribution in [0.3, 0.4) is 0 Å². The summed E-state index contributed by atoms with van der Waals surface area (Å²) < 4.78 is 6.41. The molecule has 4 fully saturated rings. The molecule has 194 valence electrons. The summed E-state index contributed by atoms with van der Waals surface area (Å²) in [5.74, 6) is 0.889. The second kappa shape index (κ2) is 9.14. The van der Waals surface area contributed by atoms with Crippen LogP contribution < -0.4 is 15.4 Å². The molecule has 3 amide bonds. The number of piperidine rings is 2. The van der Waals surface area contributed by atoms with Crippen LogP contribution >= 0.6 is 0 Å². The van der Waals surface area contributed by atoms with Crippen LogP contribution in [0.2, 0.25) is 0 Å². The first-order chi connectivity index (χ1) is 17.4. The minimum Gasteiger partial charge on any atom is -0.490 e. The highest BCUT2D eigenvalue weighted by Gasteiger charge is 2.61. The molecule has 3 heterocycles. The van der Waals surface area contributed by atoms with E-state index in [4.69, 9.17) is 4.74 Å². The summed E-state index contributed by atoms with van der Waals surface area (Å²) in [6.07, 6.45) is 7.15. The van der Waals surface area contributed by atoms with Gasteiger partial charge in [-0.05, 0) is 88.7 Å². The van der Waals surface area contributed by atoms with Gasteiger partial charge >= 0.3 is 0 Å². The molecule has 2 N–H and O–H groups in total. The van der Waals surface area contributed by atoms with E-state index in [1.165, 1.54) is 19.4 Å². The van der Waals surface area contributed by atoms with Gasteiger partial charge in [-0.25, -0.2) is 0 Å². The average molecular weight is 495 g/mol. The highest BCUT2D eigenvalue weighted by molar-refractivity contribution is 6.06. The Balaban J connectivity index is 1.11. The van der Waals surface area contributed by atoms with Gasteiger partial charge in [0.1, 0.15) is 17.9 Å². The van der Waals surface area contributed by atoms with E-state index >= 15 is 0 Å². The molecule has 2 aliphatic carbocycles. The van der Waals surface area contributed by atoms with Gasteiger partial charge in [-0.3, -0.25) is 24.6 Å². The third kappa shape index (κ3) is 4.12. The number of hydrogen-bond donors (Lipinski definition) is 2. The summed E-state index contributed by atoms with van der Waals surface area (Å²) in [5, 5.41) is 5.88. The molecule has 5 aliphatic rings.